The maximum absolute atomic E-state index is 11.4. The molecular formula is C14H19NO2. The van der Waals surface area contributed by atoms with Crippen LogP contribution in [0.2, 0.25) is 0 Å². The Kier molecular flexibility index (Phi) is 3.48. The van der Waals surface area contributed by atoms with Gasteiger partial charge in [0.2, 0.25) is 5.91 Å². The summed E-state index contributed by atoms with van der Waals surface area (Å²) in [4.78, 5) is 13.2. The number of nitrogens with zero attached hydrogens (tertiary/aromatic N) is 1. The Hall–Kier alpha value is -1.35. The van der Waals surface area contributed by atoms with Crippen LogP contribution in [0.15, 0.2) is 24.3 Å². The fraction of sp³-hybridized carbons (Fsp3) is 0.500. The van der Waals surface area contributed by atoms with Crippen LogP contribution in [0.4, 0.5) is 0 Å². The van der Waals surface area contributed by atoms with Crippen molar-refractivity contribution in [1.29, 1.82) is 0 Å². The first-order valence-corrected chi connectivity index (χ1v) is 6.10. The molecule has 0 aliphatic carbocycles. The molecule has 0 radical (unpaired) electrons. The Morgan fingerprint density at radius 2 is 2.00 bits per heavy atom. The second-order valence-electron chi connectivity index (χ2n) is 4.85. The van der Waals surface area contributed by atoms with Gasteiger partial charge in [0.25, 0.3) is 0 Å². The van der Waals surface area contributed by atoms with E-state index in [-0.39, 0.29) is 5.91 Å². The topological polar surface area (TPSA) is 40.5 Å². The van der Waals surface area contributed by atoms with Crippen LogP contribution >= 0.6 is 0 Å². The number of piperidine rings is 1. The Morgan fingerprint density at radius 3 is 2.53 bits per heavy atom. The monoisotopic (exact) mass is 233 g/mol. The summed E-state index contributed by atoms with van der Waals surface area (Å²) in [5.41, 5.74) is 2.20. The SMILES string of the molecule is CC(O)c1ccc(C2CCC(=O)N(C)C2)cc1. The number of likely N-dealkylation sites (tertiary alicyclic amines) is 1. The first kappa shape index (κ1) is 12.1. The minimum Gasteiger partial charge on any atom is -0.389 e. The van der Waals surface area contributed by atoms with Crippen molar-refractivity contribution in [2.75, 3.05) is 13.6 Å². The molecule has 2 rings (SSSR count). The van der Waals surface area contributed by atoms with Gasteiger partial charge >= 0.3 is 0 Å². The standard InChI is InChI=1S/C14H19NO2/c1-10(16)11-3-5-12(6-4-11)13-7-8-14(17)15(2)9-13/h3-6,10,13,16H,7-9H2,1-2H3. The summed E-state index contributed by atoms with van der Waals surface area (Å²) in [6.45, 7) is 2.56. The number of carbonyl (C=O) groups excluding carboxylic acids is 1. The normalized spacial score (nSPS) is 22.6. The summed E-state index contributed by atoms with van der Waals surface area (Å²) >= 11 is 0. The molecule has 0 aromatic heterocycles. The van der Waals surface area contributed by atoms with Crippen molar-refractivity contribution in [3.8, 4) is 0 Å². The Balaban J connectivity index is 2.10. The van der Waals surface area contributed by atoms with E-state index in [0.29, 0.717) is 12.3 Å². The molecule has 92 valence electrons. The molecule has 1 aliphatic heterocycles. The molecule has 1 amide bonds. The van der Waals surface area contributed by atoms with Crippen LogP contribution in [0.3, 0.4) is 0 Å². The molecular weight excluding hydrogens is 214 g/mol. The van der Waals surface area contributed by atoms with E-state index in [1.165, 1.54) is 5.56 Å². The van der Waals surface area contributed by atoms with Crippen LogP contribution in [-0.4, -0.2) is 29.5 Å². The number of rotatable bonds is 2. The van der Waals surface area contributed by atoms with Crippen LogP contribution in [0.1, 0.15) is 42.9 Å². The van der Waals surface area contributed by atoms with Crippen LogP contribution in [0.25, 0.3) is 0 Å². The van der Waals surface area contributed by atoms with Crippen molar-refractivity contribution in [1.82, 2.24) is 4.90 Å². The minimum absolute atomic E-state index is 0.238. The van der Waals surface area contributed by atoms with Crippen molar-refractivity contribution >= 4 is 5.91 Å². The summed E-state index contributed by atoms with van der Waals surface area (Å²) in [5, 5.41) is 9.45. The Bertz CT molecular complexity index is 397. The van der Waals surface area contributed by atoms with E-state index in [9.17, 15) is 9.90 Å². The Labute approximate surface area is 102 Å². The molecule has 1 aromatic carbocycles. The molecule has 1 aromatic rings. The lowest BCUT2D eigenvalue weighted by Crippen LogP contribution is -2.35. The third-order valence-corrected chi connectivity index (χ3v) is 3.52. The summed E-state index contributed by atoms with van der Waals surface area (Å²) in [6, 6.07) is 8.07. The van der Waals surface area contributed by atoms with E-state index < -0.39 is 6.10 Å². The van der Waals surface area contributed by atoms with Gasteiger partial charge in [0.15, 0.2) is 0 Å². The molecule has 1 heterocycles. The lowest BCUT2D eigenvalue weighted by Gasteiger charge is -2.30. The van der Waals surface area contributed by atoms with Gasteiger partial charge in [-0.25, -0.2) is 0 Å². The highest BCUT2D eigenvalue weighted by Crippen LogP contribution is 2.27. The first-order chi connectivity index (χ1) is 8.08. The van der Waals surface area contributed by atoms with E-state index >= 15 is 0 Å². The molecule has 3 nitrogen and oxygen atoms in total. The van der Waals surface area contributed by atoms with E-state index in [0.717, 1.165) is 18.5 Å². The Morgan fingerprint density at radius 1 is 1.35 bits per heavy atom. The molecule has 2 atom stereocenters. The van der Waals surface area contributed by atoms with Crippen molar-refractivity contribution < 1.29 is 9.90 Å². The maximum atomic E-state index is 11.4. The van der Waals surface area contributed by atoms with Gasteiger partial charge in [-0.05, 0) is 24.5 Å². The first-order valence-electron chi connectivity index (χ1n) is 6.10. The third-order valence-electron chi connectivity index (χ3n) is 3.52. The molecule has 0 spiro atoms. The van der Waals surface area contributed by atoms with Gasteiger partial charge in [-0.3, -0.25) is 4.79 Å². The summed E-state index contributed by atoms with van der Waals surface area (Å²) in [7, 11) is 1.86. The summed E-state index contributed by atoms with van der Waals surface area (Å²) < 4.78 is 0. The maximum Gasteiger partial charge on any atom is 0.222 e. The number of hydrogen-bond acceptors (Lipinski definition) is 2. The van der Waals surface area contributed by atoms with E-state index in [1.54, 1.807) is 11.8 Å². The van der Waals surface area contributed by atoms with Crippen molar-refractivity contribution in [3.63, 3.8) is 0 Å². The lowest BCUT2D eigenvalue weighted by molar-refractivity contribution is -0.132. The lowest BCUT2D eigenvalue weighted by atomic mass is 9.90. The second kappa shape index (κ2) is 4.88. The predicted molar refractivity (Wildman–Crippen MR) is 66.7 cm³/mol. The summed E-state index contributed by atoms with van der Waals surface area (Å²) in [6.07, 6.45) is 1.15. The van der Waals surface area contributed by atoms with Crippen LogP contribution in [0.5, 0.6) is 0 Å². The number of amides is 1. The molecule has 1 N–H and O–H groups in total. The van der Waals surface area contributed by atoms with Gasteiger partial charge in [-0.2, -0.15) is 0 Å². The zero-order valence-electron chi connectivity index (χ0n) is 10.4. The van der Waals surface area contributed by atoms with Crippen LogP contribution in [-0.2, 0) is 4.79 Å². The molecule has 1 aliphatic rings. The number of hydrogen-bond donors (Lipinski definition) is 1. The van der Waals surface area contributed by atoms with Crippen molar-refractivity contribution in [2.24, 2.45) is 0 Å². The molecule has 0 bridgehead atoms. The molecule has 1 saturated heterocycles. The summed E-state index contributed by atoms with van der Waals surface area (Å²) in [5.74, 6) is 0.669. The van der Waals surface area contributed by atoms with Gasteiger partial charge in [-0.15, -0.1) is 0 Å². The molecule has 1 fully saturated rings. The zero-order valence-corrected chi connectivity index (χ0v) is 10.4. The van der Waals surface area contributed by atoms with Crippen LogP contribution < -0.4 is 0 Å². The van der Waals surface area contributed by atoms with Gasteiger partial charge in [-0.1, -0.05) is 24.3 Å². The highest BCUT2D eigenvalue weighted by atomic mass is 16.3. The number of likely N-dealkylation sites (N-methyl/N-ethyl adjacent to an activating group) is 1. The van der Waals surface area contributed by atoms with Crippen LogP contribution in [0, 0.1) is 0 Å². The smallest absolute Gasteiger partial charge is 0.222 e. The molecule has 0 saturated carbocycles. The highest BCUT2D eigenvalue weighted by molar-refractivity contribution is 5.76. The zero-order chi connectivity index (χ0) is 12.4. The second-order valence-corrected chi connectivity index (χ2v) is 4.85. The van der Waals surface area contributed by atoms with Gasteiger partial charge in [0.1, 0.15) is 0 Å². The largest absolute Gasteiger partial charge is 0.389 e. The number of carbonyl (C=O) groups is 1. The number of aliphatic hydroxyl groups is 1. The molecule has 17 heavy (non-hydrogen) atoms. The highest BCUT2D eigenvalue weighted by Gasteiger charge is 2.23. The number of aliphatic hydroxyl groups excluding tert-OH is 1. The molecule has 2 unspecified atom stereocenters. The third kappa shape index (κ3) is 2.67. The predicted octanol–water partition coefficient (Wildman–Crippen LogP) is 2.08. The van der Waals surface area contributed by atoms with E-state index in [4.69, 9.17) is 0 Å². The van der Waals surface area contributed by atoms with E-state index in [2.05, 4.69) is 12.1 Å². The quantitative estimate of drug-likeness (QED) is 0.849. The van der Waals surface area contributed by atoms with E-state index in [1.807, 2.05) is 19.2 Å². The minimum atomic E-state index is -0.417. The van der Waals surface area contributed by atoms with Crippen molar-refractivity contribution in [2.45, 2.75) is 31.8 Å². The van der Waals surface area contributed by atoms with Gasteiger partial charge in [0, 0.05) is 25.9 Å². The van der Waals surface area contributed by atoms with Crippen molar-refractivity contribution in [3.05, 3.63) is 35.4 Å². The van der Waals surface area contributed by atoms with Gasteiger partial charge in [0.05, 0.1) is 6.10 Å². The molecule has 3 heteroatoms. The fourth-order valence-corrected chi connectivity index (χ4v) is 2.33. The average Bonchev–Trinajstić information content (AvgIpc) is 2.33. The fourth-order valence-electron chi connectivity index (χ4n) is 2.33. The average molecular weight is 233 g/mol. The van der Waals surface area contributed by atoms with Gasteiger partial charge < -0.3 is 10.0 Å². The number of benzene rings is 1.